The van der Waals surface area contributed by atoms with Gasteiger partial charge in [0.25, 0.3) is 0 Å². The fourth-order valence-electron chi connectivity index (χ4n) is 1.34. The molecule has 0 heterocycles. The Bertz CT molecular complexity index is 414. The Kier molecular flexibility index (Phi) is 4.59. The van der Waals surface area contributed by atoms with Crippen LogP contribution in [0.25, 0.3) is 0 Å². The van der Waals surface area contributed by atoms with Crippen molar-refractivity contribution in [2.75, 3.05) is 13.7 Å². The third-order valence-electron chi connectivity index (χ3n) is 2.19. The molecule has 1 atom stereocenters. The molecule has 0 aliphatic heterocycles. The zero-order valence-corrected chi connectivity index (χ0v) is 10.4. The summed E-state index contributed by atoms with van der Waals surface area (Å²) in [5, 5.41) is 27.2. The Morgan fingerprint density at radius 3 is 2.75 bits per heavy atom. The maximum Gasteiger partial charge on any atom is 0.172 e. The number of aliphatic hydroxyl groups is 1. The number of halogens is 1. The molecule has 0 aliphatic rings. The van der Waals surface area contributed by atoms with Crippen LogP contribution in [-0.4, -0.2) is 23.9 Å². The van der Waals surface area contributed by atoms with Gasteiger partial charge in [0.2, 0.25) is 0 Å². The van der Waals surface area contributed by atoms with Gasteiger partial charge in [0.05, 0.1) is 30.2 Å². The predicted octanol–water partition coefficient (Wildman–Crippen LogP) is 1.84. The number of rotatable bonds is 4. The second-order valence-electron chi connectivity index (χ2n) is 3.34. The van der Waals surface area contributed by atoms with Crippen molar-refractivity contribution in [2.45, 2.75) is 6.42 Å². The molecule has 0 saturated heterocycles. The maximum absolute atomic E-state index is 9.58. The van der Waals surface area contributed by atoms with E-state index < -0.39 is 5.92 Å². The molecule has 0 amide bonds. The van der Waals surface area contributed by atoms with E-state index in [1.54, 1.807) is 12.1 Å². The molecular weight excluding hydrogens is 274 g/mol. The average Bonchev–Trinajstić information content (AvgIpc) is 2.30. The fourth-order valence-corrected chi connectivity index (χ4v) is 1.83. The van der Waals surface area contributed by atoms with Crippen molar-refractivity contribution in [2.24, 2.45) is 5.92 Å². The van der Waals surface area contributed by atoms with Crippen LogP contribution in [0.15, 0.2) is 16.6 Å². The molecule has 1 unspecified atom stereocenters. The summed E-state index contributed by atoms with van der Waals surface area (Å²) >= 11 is 3.20. The van der Waals surface area contributed by atoms with E-state index in [0.29, 0.717) is 16.6 Å². The fraction of sp³-hybridized carbons (Fsp3) is 0.364. The minimum absolute atomic E-state index is 0.0313. The first-order chi connectivity index (χ1) is 7.62. The van der Waals surface area contributed by atoms with Crippen molar-refractivity contribution in [1.29, 1.82) is 5.26 Å². The summed E-state index contributed by atoms with van der Waals surface area (Å²) in [6.45, 7) is -0.183. The Morgan fingerprint density at radius 2 is 2.25 bits per heavy atom. The molecule has 2 N–H and O–H groups in total. The Morgan fingerprint density at radius 1 is 1.56 bits per heavy atom. The molecule has 1 aromatic carbocycles. The van der Waals surface area contributed by atoms with Crippen molar-refractivity contribution >= 4 is 15.9 Å². The molecule has 4 nitrogen and oxygen atoms in total. The zero-order chi connectivity index (χ0) is 12.1. The predicted molar refractivity (Wildman–Crippen MR) is 62.3 cm³/mol. The standard InChI is InChI=1S/C11H12BrNO3/c1-16-10-4-7(2-8(5-13)6-14)3-9(12)11(10)15/h3-4,8,14-15H,2,6H2,1H3. The average molecular weight is 286 g/mol. The van der Waals surface area contributed by atoms with Gasteiger partial charge in [-0.05, 0) is 40.0 Å². The van der Waals surface area contributed by atoms with Crippen LogP contribution in [0.2, 0.25) is 0 Å². The van der Waals surface area contributed by atoms with Crippen LogP contribution in [0.4, 0.5) is 0 Å². The molecular formula is C11H12BrNO3. The van der Waals surface area contributed by atoms with Crippen LogP contribution in [0, 0.1) is 17.2 Å². The van der Waals surface area contributed by atoms with Gasteiger partial charge in [-0.2, -0.15) is 5.26 Å². The molecule has 0 spiro atoms. The minimum Gasteiger partial charge on any atom is -0.503 e. The molecule has 0 aliphatic carbocycles. The Hall–Kier alpha value is -1.25. The number of nitrogens with zero attached hydrogens (tertiary/aromatic N) is 1. The highest BCUT2D eigenvalue weighted by Crippen LogP contribution is 2.35. The number of aromatic hydroxyl groups is 1. The van der Waals surface area contributed by atoms with Crippen LogP contribution in [0.3, 0.4) is 0 Å². The molecule has 0 aromatic heterocycles. The maximum atomic E-state index is 9.58. The number of benzene rings is 1. The molecule has 1 aromatic rings. The van der Waals surface area contributed by atoms with Crippen molar-refractivity contribution in [3.05, 3.63) is 22.2 Å². The summed E-state index contributed by atoms with van der Waals surface area (Å²) in [6, 6.07) is 5.36. The lowest BCUT2D eigenvalue weighted by atomic mass is 10.0. The molecule has 0 saturated carbocycles. The van der Waals surface area contributed by atoms with Gasteiger partial charge >= 0.3 is 0 Å². The highest BCUT2D eigenvalue weighted by atomic mass is 79.9. The van der Waals surface area contributed by atoms with Gasteiger partial charge in [-0.25, -0.2) is 0 Å². The number of phenols is 1. The largest absolute Gasteiger partial charge is 0.503 e. The second kappa shape index (κ2) is 5.73. The van der Waals surface area contributed by atoms with E-state index in [1.807, 2.05) is 6.07 Å². The third-order valence-corrected chi connectivity index (χ3v) is 2.80. The van der Waals surface area contributed by atoms with E-state index in [9.17, 15) is 5.11 Å². The molecule has 86 valence electrons. The lowest BCUT2D eigenvalue weighted by molar-refractivity contribution is 0.255. The van der Waals surface area contributed by atoms with Gasteiger partial charge in [-0.1, -0.05) is 0 Å². The summed E-state index contributed by atoms with van der Waals surface area (Å²) in [5.41, 5.74) is 0.821. The van der Waals surface area contributed by atoms with Crippen LogP contribution >= 0.6 is 15.9 Å². The quantitative estimate of drug-likeness (QED) is 0.885. The van der Waals surface area contributed by atoms with Gasteiger partial charge < -0.3 is 14.9 Å². The summed E-state index contributed by atoms with van der Waals surface area (Å²) in [4.78, 5) is 0. The smallest absolute Gasteiger partial charge is 0.172 e. The van der Waals surface area contributed by atoms with Crippen molar-refractivity contribution in [3.8, 4) is 17.6 Å². The van der Waals surface area contributed by atoms with E-state index in [1.165, 1.54) is 7.11 Å². The molecule has 0 radical (unpaired) electrons. The van der Waals surface area contributed by atoms with Gasteiger partial charge in [0.15, 0.2) is 11.5 Å². The highest BCUT2D eigenvalue weighted by Gasteiger charge is 2.12. The second-order valence-corrected chi connectivity index (χ2v) is 4.20. The van der Waals surface area contributed by atoms with Gasteiger partial charge in [0.1, 0.15) is 0 Å². The number of aliphatic hydroxyl groups excluding tert-OH is 1. The van der Waals surface area contributed by atoms with Crippen molar-refractivity contribution in [1.82, 2.24) is 0 Å². The van der Waals surface area contributed by atoms with E-state index in [4.69, 9.17) is 15.1 Å². The van der Waals surface area contributed by atoms with Crippen molar-refractivity contribution in [3.63, 3.8) is 0 Å². The molecule has 5 heteroatoms. The molecule has 16 heavy (non-hydrogen) atoms. The molecule has 0 fully saturated rings. The summed E-state index contributed by atoms with van der Waals surface area (Å²) in [7, 11) is 1.46. The summed E-state index contributed by atoms with van der Waals surface area (Å²) in [5.74, 6) is -0.0658. The van der Waals surface area contributed by atoms with E-state index in [-0.39, 0.29) is 12.4 Å². The van der Waals surface area contributed by atoms with Crippen LogP contribution in [0.5, 0.6) is 11.5 Å². The summed E-state index contributed by atoms with van der Waals surface area (Å²) in [6.07, 6.45) is 0.419. The van der Waals surface area contributed by atoms with E-state index in [2.05, 4.69) is 15.9 Å². The monoisotopic (exact) mass is 285 g/mol. The number of hydrogen-bond donors (Lipinski definition) is 2. The number of methoxy groups -OCH3 is 1. The molecule has 1 rings (SSSR count). The van der Waals surface area contributed by atoms with Crippen LogP contribution in [0.1, 0.15) is 5.56 Å². The van der Waals surface area contributed by atoms with Gasteiger partial charge in [-0.15, -0.1) is 0 Å². The lowest BCUT2D eigenvalue weighted by Crippen LogP contribution is -2.06. The number of ether oxygens (including phenoxy) is 1. The van der Waals surface area contributed by atoms with Gasteiger partial charge in [0, 0.05) is 0 Å². The summed E-state index contributed by atoms with van der Waals surface area (Å²) < 4.78 is 5.50. The number of hydrogen-bond acceptors (Lipinski definition) is 4. The highest BCUT2D eigenvalue weighted by molar-refractivity contribution is 9.10. The van der Waals surface area contributed by atoms with Crippen LogP contribution < -0.4 is 4.74 Å². The Balaban J connectivity index is 2.98. The SMILES string of the molecule is COc1cc(CC(C#N)CO)cc(Br)c1O. The Labute approximate surface area is 102 Å². The van der Waals surface area contributed by atoms with E-state index in [0.717, 1.165) is 5.56 Å². The van der Waals surface area contributed by atoms with Gasteiger partial charge in [-0.3, -0.25) is 0 Å². The van der Waals surface area contributed by atoms with E-state index >= 15 is 0 Å². The normalized spacial score (nSPS) is 11.9. The first-order valence-electron chi connectivity index (χ1n) is 4.68. The molecule has 0 bridgehead atoms. The minimum atomic E-state index is -0.443. The topological polar surface area (TPSA) is 73.5 Å². The van der Waals surface area contributed by atoms with Crippen LogP contribution in [-0.2, 0) is 6.42 Å². The number of nitriles is 1. The number of phenolic OH excluding ortho intramolecular Hbond substituents is 1. The third kappa shape index (κ3) is 2.87. The first kappa shape index (κ1) is 12.8. The first-order valence-corrected chi connectivity index (χ1v) is 5.47. The zero-order valence-electron chi connectivity index (χ0n) is 8.77. The lowest BCUT2D eigenvalue weighted by Gasteiger charge is -2.10. The van der Waals surface area contributed by atoms with Crippen molar-refractivity contribution < 1.29 is 14.9 Å².